The highest BCUT2D eigenvalue weighted by atomic mass is 16.6. The minimum absolute atomic E-state index is 0.0257. The van der Waals surface area contributed by atoms with E-state index in [0.29, 0.717) is 24.7 Å². The van der Waals surface area contributed by atoms with Gasteiger partial charge in [-0.15, -0.1) is 0 Å². The molecule has 4 atom stereocenters. The fourth-order valence-electron chi connectivity index (χ4n) is 4.44. The molecule has 144 valence electrons. The molecule has 0 radical (unpaired) electrons. The van der Waals surface area contributed by atoms with Crippen molar-refractivity contribution in [1.29, 1.82) is 0 Å². The number of esters is 2. The number of aliphatic hydroxyl groups is 1. The maximum absolute atomic E-state index is 12.6. The third-order valence-corrected chi connectivity index (χ3v) is 5.56. The lowest BCUT2D eigenvalue weighted by Gasteiger charge is -2.21. The molecule has 1 heterocycles. The number of hydrogen-bond donors (Lipinski definition) is 1. The molecule has 7 heteroatoms. The SMILES string of the molecule is CC(=O)O[C@@H]1C=CC(=O)C23CC(=O)O[C@@]2(/C=C(\C)CC/C=C(/C=O)CO)C13. The lowest BCUT2D eigenvalue weighted by Crippen LogP contribution is -2.30. The zero-order valence-electron chi connectivity index (χ0n) is 15.3. The zero-order chi connectivity index (χ0) is 19.8. The van der Waals surface area contributed by atoms with Gasteiger partial charge in [0.2, 0.25) is 0 Å². The van der Waals surface area contributed by atoms with E-state index < -0.39 is 35.0 Å². The minimum atomic E-state index is -1.09. The first-order valence-electron chi connectivity index (χ1n) is 8.86. The molecule has 1 aliphatic heterocycles. The largest absolute Gasteiger partial charge is 0.458 e. The van der Waals surface area contributed by atoms with E-state index in [0.717, 1.165) is 5.57 Å². The molecule has 7 nitrogen and oxygen atoms in total. The highest BCUT2D eigenvalue weighted by Crippen LogP contribution is 2.74. The van der Waals surface area contributed by atoms with Gasteiger partial charge in [0.05, 0.1) is 24.4 Å². The molecule has 2 aliphatic carbocycles. The number of ether oxygens (including phenoxy) is 2. The Morgan fingerprint density at radius 2 is 2.15 bits per heavy atom. The quantitative estimate of drug-likeness (QED) is 0.309. The van der Waals surface area contributed by atoms with Crippen LogP contribution in [0.3, 0.4) is 0 Å². The molecule has 2 unspecified atom stereocenters. The van der Waals surface area contributed by atoms with Crippen molar-refractivity contribution in [2.75, 3.05) is 6.61 Å². The summed E-state index contributed by atoms with van der Waals surface area (Å²) in [5, 5.41) is 9.01. The molecule has 1 spiro atoms. The van der Waals surface area contributed by atoms with Crippen molar-refractivity contribution >= 4 is 24.0 Å². The Balaban J connectivity index is 1.85. The number of aliphatic hydroxyl groups excluding tert-OH is 1. The van der Waals surface area contributed by atoms with Crippen LogP contribution in [0.2, 0.25) is 0 Å². The second-order valence-corrected chi connectivity index (χ2v) is 7.27. The first kappa shape index (κ1) is 19.2. The van der Waals surface area contributed by atoms with Crippen LogP contribution in [0.1, 0.15) is 33.1 Å². The standard InChI is InChI=1S/C20H22O7/c1-12(4-3-5-14(10-21)11-22)8-20-18-15(26-13(2)23)6-7-16(24)19(18,20)9-17(25)27-20/h5-8,10,15,18,22H,3-4,9,11H2,1-2H3/b12-8+,14-5-/t15-,18?,19?,20+/m1/s1. The van der Waals surface area contributed by atoms with E-state index in [9.17, 15) is 19.2 Å². The zero-order valence-corrected chi connectivity index (χ0v) is 15.3. The van der Waals surface area contributed by atoms with Crippen LogP contribution in [-0.2, 0) is 28.7 Å². The maximum atomic E-state index is 12.6. The number of aldehydes is 1. The Labute approximate surface area is 156 Å². The molecular weight excluding hydrogens is 352 g/mol. The summed E-state index contributed by atoms with van der Waals surface area (Å²) in [6, 6.07) is 0. The summed E-state index contributed by atoms with van der Waals surface area (Å²) in [4.78, 5) is 46.7. The van der Waals surface area contributed by atoms with Gasteiger partial charge in [0.15, 0.2) is 11.4 Å². The van der Waals surface area contributed by atoms with E-state index in [1.165, 1.54) is 13.0 Å². The van der Waals surface area contributed by atoms with Gasteiger partial charge in [0, 0.05) is 12.5 Å². The van der Waals surface area contributed by atoms with E-state index in [4.69, 9.17) is 14.6 Å². The van der Waals surface area contributed by atoms with Crippen LogP contribution < -0.4 is 0 Å². The van der Waals surface area contributed by atoms with E-state index in [1.54, 1.807) is 18.2 Å². The first-order chi connectivity index (χ1) is 12.8. The topological polar surface area (TPSA) is 107 Å². The van der Waals surface area contributed by atoms with Gasteiger partial charge in [0.1, 0.15) is 12.4 Å². The number of carbonyl (C=O) groups is 4. The molecule has 0 bridgehead atoms. The Kier molecular flexibility index (Phi) is 4.90. The maximum Gasteiger partial charge on any atom is 0.307 e. The Hall–Kier alpha value is -2.54. The van der Waals surface area contributed by atoms with Crippen molar-refractivity contribution in [2.45, 2.75) is 44.8 Å². The van der Waals surface area contributed by atoms with Crippen LogP contribution in [0, 0.1) is 11.3 Å². The Morgan fingerprint density at radius 1 is 1.41 bits per heavy atom. The van der Waals surface area contributed by atoms with Crippen LogP contribution >= 0.6 is 0 Å². The molecule has 27 heavy (non-hydrogen) atoms. The summed E-state index contributed by atoms with van der Waals surface area (Å²) in [5.41, 5.74) is -0.913. The van der Waals surface area contributed by atoms with Gasteiger partial charge in [-0.3, -0.25) is 19.2 Å². The highest BCUT2D eigenvalue weighted by molar-refractivity contribution is 6.06. The third kappa shape index (κ3) is 2.96. The molecule has 0 aromatic carbocycles. The molecule has 1 saturated heterocycles. The first-order valence-corrected chi connectivity index (χ1v) is 8.86. The van der Waals surface area contributed by atoms with Crippen LogP contribution in [0.5, 0.6) is 0 Å². The van der Waals surface area contributed by atoms with Crippen molar-refractivity contribution in [3.05, 3.63) is 35.5 Å². The van der Waals surface area contributed by atoms with Crippen molar-refractivity contribution in [3.63, 3.8) is 0 Å². The smallest absolute Gasteiger partial charge is 0.307 e. The molecule has 0 amide bonds. The van der Waals surface area contributed by atoms with Gasteiger partial charge in [-0.25, -0.2) is 0 Å². The van der Waals surface area contributed by atoms with Crippen LogP contribution in [-0.4, -0.2) is 47.4 Å². The van der Waals surface area contributed by atoms with Crippen molar-refractivity contribution in [2.24, 2.45) is 11.3 Å². The number of fused-ring (bicyclic) bond motifs is 1. The average molecular weight is 374 g/mol. The van der Waals surface area contributed by atoms with E-state index >= 15 is 0 Å². The van der Waals surface area contributed by atoms with Gasteiger partial charge in [-0.05, 0) is 38.0 Å². The molecule has 1 saturated carbocycles. The van der Waals surface area contributed by atoms with E-state index in [1.807, 2.05) is 6.92 Å². The van der Waals surface area contributed by atoms with Crippen LogP contribution in [0.4, 0.5) is 0 Å². The third-order valence-electron chi connectivity index (χ3n) is 5.56. The average Bonchev–Trinajstić information content (AvgIpc) is 3.02. The second-order valence-electron chi connectivity index (χ2n) is 7.27. The molecule has 3 aliphatic rings. The summed E-state index contributed by atoms with van der Waals surface area (Å²) in [5.74, 6) is -1.51. The lowest BCUT2D eigenvalue weighted by molar-refractivity contribution is -0.150. The summed E-state index contributed by atoms with van der Waals surface area (Å²) in [6.07, 6.45) is 7.42. The summed E-state index contributed by atoms with van der Waals surface area (Å²) in [6.45, 7) is 2.83. The van der Waals surface area contributed by atoms with Gasteiger partial charge >= 0.3 is 11.9 Å². The van der Waals surface area contributed by atoms with Crippen LogP contribution in [0.25, 0.3) is 0 Å². The fraction of sp³-hybridized carbons (Fsp3) is 0.500. The molecule has 3 rings (SSSR count). The van der Waals surface area contributed by atoms with Gasteiger partial charge < -0.3 is 14.6 Å². The predicted octanol–water partition coefficient (Wildman–Crippen LogP) is 1.20. The van der Waals surface area contributed by atoms with Crippen LogP contribution in [0.15, 0.2) is 35.5 Å². The normalized spacial score (nSPS) is 34.6. The van der Waals surface area contributed by atoms with E-state index in [-0.39, 0.29) is 18.8 Å². The summed E-state index contributed by atoms with van der Waals surface area (Å²) < 4.78 is 10.9. The van der Waals surface area contributed by atoms with Crippen molar-refractivity contribution in [1.82, 2.24) is 0 Å². The summed E-state index contributed by atoms with van der Waals surface area (Å²) in [7, 11) is 0. The van der Waals surface area contributed by atoms with Gasteiger partial charge in [-0.2, -0.15) is 0 Å². The van der Waals surface area contributed by atoms with Crippen molar-refractivity contribution < 1.29 is 33.8 Å². The lowest BCUT2D eigenvalue weighted by atomic mass is 9.87. The summed E-state index contributed by atoms with van der Waals surface area (Å²) >= 11 is 0. The molecule has 0 aromatic rings. The van der Waals surface area contributed by atoms with E-state index in [2.05, 4.69) is 0 Å². The Morgan fingerprint density at radius 3 is 2.78 bits per heavy atom. The molecule has 2 fully saturated rings. The number of hydrogen-bond acceptors (Lipinski definition) is 7. The number of allylic oxidation sites excluding steroid dienone is 3. The highest BCUT2D eigenvalue weighted by Gasteiger charge is 2.88. The van der Waals surface area contributed by atoms with Crippen molar-refractivity contribution in [3.8, 4) is 0 Å². The number of carbonyl (C=O) groups excluding carboxylic acids is 4. The predicted molar refractivity (Wildman–Crippen MR) is 93.3 cm³/mol. The van der Waals surface area contributed by atoms with Gasteiger partial charge in [-0.1, -0.05) is 11.6 Å². The molecular formula is C20H22O7. The second kappa shape index (κ2) is 6.88. The van der Waals surface area contributed by atoms with Gasteiger partial charge in [0.25, 0.3) is 0 Å². The Bertz CT molecular complexity index is 790. The molecule has 0 aromatic heterocycles. The monoisotopic (exact) mass is 374 g/mol. The number of rotatable bonds is 7. The number of ketones is 1. The minimum Gasteiger partial charge on any atom is -0.458 e. The fourth-order valence-corrected chi connectivity index (χ4v) is 4.44. The molecule has 1 N–H and O–H groups in total.